The van der Waals surface area contributed by atoms with E-state index in [0.717, 1.165) is 6.42 Å². The molecule has 1 rings (SSSR count). The number of hydrogen-bond acceptors (Lipinski definition) is 4. The van der Waals surface area contributed by atoms with Crippen LogP contribution in [0.5, 0.6) is 0 Å². The molecule has 1 N–H and O–H groups in total. The zero-order chi connectivity index (χ0) is 19.0. The fourth-order valence-electron chi connectivity index (χ4n) is 2.34. The minimum atomic E-state index is -0.605. The highest BCUT2D eigenvalue weighted by Crippen LogP contribution is 2.07. The molecule has 7 heteroatoms. The Labute approximate surface area is 150 Å². The summed E-state index contributed by atoms with van der Waals surface area (Å²) in [6.07, 6.45) is 3.60. The molecule has 1 saturated heterocycles. The van der Waals surface area contributed by atoms with Crippen molar-refractivity contribution in [3.8, 4) is 0 Å². The minimum Gasteiger partial charge on any atom is -0.444 e. The first kappa shape index (κ1) is 21.0. The summed E-state index contributed by atoms with van der Waals surface area (Å²) in [7, 11) is 0. The van der Waals surface area contributed by atoms with Gasteiger partial charge in [-0.1, -0.05) is 19.9 Å². The summed E-state index contributed by atoms with van der Waals surface area (Å²) < 4.78 is 5.11. The van der Waals surface area contributed by atoms with Crippen LogP contribution in [0, 0.1) is 5.92 Å². The normalized spacial score (nSPS) is 16.1. The van der Waals surface area contributed by atoms with Gasteiger partial charge in [0.15, 0.2) is 0 Å². The van der Waals surface area contributed by atoms with Crippen LogP contribution in [-0.2, 0) is 14.3 Å². The van der Waals surface area contributed by atoms with Gasteiger partial charge in [0.25, 0.3) is 0 Å². The summed E-state index contributed by atoms with van der Waals surface area (Å²) >= 11 is 0. The van der Waals surface area contributed by atoms with Gasteiger partial charge in [0.05, 0.1) is 0 Å². The van der Waals surface area contributed by atoms with Crippen LogP contribution in [0.4, 0.5) is 4.79 Å². The highest BCUT2D eigenvalue weighted by molar-refractivity contribution is 5.87. The number of ether oxygens (including phenoxy) is 1. The molecule has 1 aliphatic heterocycles. The van der Waals surface area contributed by atoms with Gasteiger partial charge in [0.1, 0.15) is 12.1 Å². The van der Waals surface area contributed by atoms with Crippen molar-refractivity contribution in [1.82, 2.24) is 15.1 Å². The van der Waals surface area contributed by atoms with Gasteiger partial charge in [-0.3, -0.25) is 9.59 Å². The van der Waals surface area contributed by atoms with E-state index >= 15 is 0 Å². The van der Waals surface area contributed by atoms with Gasteiger partial charge in [0, 0.05) is 26.2 Å². The van der Waals surface area contributed by atoms with Crippen LogP contribution in [0.15, 0.2) is 12.2 Å². The number of nitrogens with one attached hydrogen (secondary N) is 1. The van der Waals surface area contributed by atoms with E-state index in [1.807, 2.05) is 19.9 Å². The molecule has 0 saturated carbocycles. The number of hydrogen-bond donors (Lipinski definition) is 1. The molecule has 25 heavy (non-hydrogen) atoms. The monoisotopic (exact) mass is 353 g/mol. The molecule has 1 heterocycles. The Morgan fingerprint density at radius 3 is 2.28 bits per heavy atom. The van der Waals surface area contributed by atoms with Crippen LogP contribution in [0.3, 0.4) is 0 Å². The number of nitrogens with zero attached hydrogens (tertiary/aromatic N) is 2. The average Bonchev–Trinajstić information content (AvgIpc) is 2.74. The first-order valence-corrected chi connectivity index (χ1v) is 8.80. The maximum absolute atomic E-state index is 12.3. The quantitative estimate of drug-likeness (QED) is 0.782. The van der Waals surface area contributed by atoms with Gasteiger partial charge in [0.2, 0.25) is 11.8 Å². The number of alkyl carbamates (subject to hydrolysis) is 1. The van der Waals surface area contributed by atoms with Gasteiger partial charge in [-0.05, 0) is 39.2 Å². The van der Waals surface area contributed by atoms with Crippen molar-refractivity contribution in [3.63, 3.8) is 0 Å². The minimum absolute atomic E-state index is 0.0186. The van der Waals surface area contributed by atoms with Crippen LogP contribution >= 0.6 is 0 Å². The van der Waals surface area contributed by atoms with Crippen molar-refractivity contribution in [2.24, 2.45) is 5.92 Å². The number of carbonyl (C=O) groups is 3. The number of carbonyl (C=O) groups excluding carboxylic acids is 3. The second-order valence-electron chi connectivity index (χ2n) is 7.52. The SMILES string of the molecule is CC(C)/C=C/C(=O)N1CCCN(C(=O)CNC(=O)OC(C)(C)C)CC1. The third-order valence-electron chi connectivity index (χ3n) is 3.57. The van der Waals surface area contributed by atoms with Crippen molar-refractivity contribution in [3.05, 3.63) is 12.2 Å². The largest absolute Gasteiger partial charge is 0.444 e. The summed E-state index contributed by atoms with van der Waals surface area (Å²) in [4.78, 5) is 39.4. The standard InChI is InChI=1S/C18H31N3O4/c1-14(2)7-8-15(22)20-9-6-10-21(12-11-20)16(23)13-19-17(24)25-18(3,4)5/h7-8,14H,6,9-13H2,1-5H3,(H,19,24)/b8-7+. The van der Waals surface area contributed by atoms with Crippen LogP contribution in [0.2, 0.25) is 0 Å². The van der Waals surface area contributed by atoms with Crippen molar-refractivity contribution in [2.45, 2.75) is 46.6 Å². The van der Waals surface area contributed by atoms with E-state index in [9.17, 15) is 14.4 Å². The number of allylic oxidation sites excluding steroid dienone is 1. The molecule has 0 radical (unpaired) electrons. The van der Waals surface area contributed by atoms with E-state index in [1.165, 1.54) is 0 Å². The van der Waals surface area contributed by atoms with Crippen molar-refractivity contribution < 1.29 is 19.1 Å². The van der Waals surface area contributed by atoms with E-state index < -0.39 is 11.7 Å². The van der Waals surface area contributed by atoms with Gasteiger partial charge in [-0.25, -0.2) is 4.79 Å². The summed E-state index contributed by atoms with van der Waals surface area (Å²) in [5.74, 6) is 0.140. The highest BCUT2D eigenvalue weighted by Gasteiger charge is 2.22. The molecule has 0 bridgehead atoms. The van der Waals surface area contributed by atoms with E-state index in [2.05, 4.69) is 5.32 Å². The average molecular weight is 353 g/mol. The van der Waals surface area contributed by atoms with Crippen molar-refractivity contribution in [2.75, 3.05) is 32.7 Å². The Morgan fingerprint density at radius 2 is 1.68 bits per heavy atom. The van der Waals surface area contributed by atoms with Gasteiger partial charge < -0.3 is 19.9 Å². The topological polar surface area (TPSA) is 79.0 Å². The molecule has 1 aliphatic rings. The van der Waals surface area contributed by atoms with E-state index in [4.69, 9.17) is 4.74 Å². The molecular weight excluding hydrogens is 322 g/mol. The highest BCUT2D eigenvalue weighted by atomic mass is 16.6. The zero-order valence-corrected chi connectivity index (χ0v) is 16.0. The molecule has 0 aromatic heterocycles. The van der Waals surface area contributed by atoms with Crippen LogP contribution < -0.4 is 5.32 Å². The van der Waals surface area contributed by atoms with Crippen molar-refractivity contribution >= 4 is 17.9 Å². The lowest BCUT2D eigenvalue weighted by atomic mass is 10.2. The molecular formula is C18H31N3O4. The van der Waals surface area contributed by atoms with Gasteiger partial charge >= 0.3 is 6.09 Å². The fraction of sp³-hybridized carbons (Fsp3) is 0.722. The second kappa shape index (κ2) is 9.44. The predicted octanol–water partition coefficient (Wildman–Crippen LogP) is 1.78. The fourth-order valence-corrected chi connectivity index (χ4v) is 2.34. The second-order valence-corrected chi connectivity index (χ2v) is 7.52. The van der Waals surface area contributed by atoms with Crippen LogP contribution in [0.25, 0.3) is 0 Å². The molecule has 7 nitrogen and oxygen atoms in total. The molecule has 0 unspecified atom stereocenters. The maximum atomic E-state index is 12.3. The third kappa shape index (κ3) is 8.56. The van der Waals surface area contributed by atoms with Crippen LogP contribution in [-0.4, -0.2) is 66.0 Å². The molecule has 0 atom stereocenters. The predicted molar refractivity (Wildman–Crippen MR) is 96.0 cm³/mol. The molecule has 1 fully saturated rings. The summed E-state index contributed by atoms with van der Waals surface area (Å²) in [6.45, 7) is 11.4. The maximum Gasteiger partial charge on any atom is 0.408 e. The lowest BCUT2D eigenvalue weighted by molar-refractivity contribution is -0.131. The first-order chi connectivity index (χ1) is 11.6. The smallest absolute Gasteiger partial charge is 0.408 e. The first-order valence-electron chi connectivity index (χ1n) is 8.80. The van der Waals surface area contributed by atoms with Crippen LogP contribution in [0.1, 0.15) is 41.0 Å². The summed E-state index contributed by atoms with van der Waals surface area (Å²) in [5, 5.41) is 2.48. The lowest BCUT2D eigenvalue weighted by Gasteiger charge is -2.23. The number of amides is 3. The number of rotatable bonds is 4. The Kier molecular flexibility index (Phi) is 7.93. The van der Waals surface area contributed by atoms with Gasteiger partial charge in [-0.2, -0.15) is 0 Å². The van der Waals surface area contributed by atoms with Gasteiger partial charge in [-0.15, -0.1) is 0 Å². The Morgan fingerprint density at radius 1 is 1.08 bits per heavy atom. The Hall–Kier alpha value is -2.05. The molecule has 0 spiro atoms. The Balaban J connectivity index is 2.44. The van der Waals surface area contributed by atoms with Crippen molar-refractivity contribution in [1.29, 1.82) is 0 Å². The molecule has 0 aromatic rings. The zero-order valence-electron chi connectivity index (χ0n) is 16.0. The van der Waals surface area contributed by atoms with E-state index in [1.54, 1.807) is 36.6 Å². The molecule has 0 aromatic carbocycles. The van der Waals surface area contributed by atoms with E-state index in [0.29, 0.717) is 32.1 Å². The van der Waals surface area contributed by atoms with E-state index in [-0.39, 0.29) is 18.4 Å². The summed E-state index contributed by atoms with van der Waals surface area (Å²) in [5.41, 5.74) is -0.597. The molecule has 0 aliphatic carbocycles. The lowest BCUT2D eigenvalue weighted by Crippen LogP contribution is -2.43. The summed E-state index contributed by atoms with van der Waals surface area (Å²) in [6, 6.07) is 0. The molecule has 3 amide bonds. The Bertz CT molecular complexity index is 509. The third-order valence-corrected chi connectivity index (χ3v) is 3.57. The molecule has 142 valence electrons.